The number of amides is 1. The van der Waals surface area contributed by atoms with Gasteiger partial charge in [-0.05, 0) is 12.8 Å². The minimum Gasteiger partial charge on any atom is -0.274 e. The molecule has 0 N–H and O–H groups in total. The first-order valence-electron chi connectivity index (χ1n) is 3.97. The van der Waals surface area contributed by atoms with E-state index in [2.05, 4.69) is 0 Å². The van der Waals surface area contributed by atoms with Crippen LogP contribution in [-0.4, -0.2) is 24.2 Å². The second-order valence-electron chi connectivity index (χ2n) is 3.79. The van der Waals surface area contributed by atoms with Crippen molar-refractivity contribution < 1.29 is 13.2 Å². The number of nitrogens with zero attached hydrogens (tertiary/aromatic N) is 1. The fraction of sp³-hybridized carbons (Fsp3) is 0.857. The molecule has 0 aromatic rings. The van der Waals surface area contributed by atoms with Gasteiger partial charge in [-0.15, -0.1) is 0 Å². The predicted molar refractivity (Wildman–Crippen MR) is 49.5 cm³/mol. The summed E-state index contributed by atoms with van der Waals surface area (Å²) in [6.07, 6.45) is 0.247. The summed E-state index contributed by atoms with van der Waals surface area (Å²) in [6, 6.07) is 0. The molecule has 13 heavy (non-hydrogen) atoms. The summed E-state index contributed by atoms with van der Waals surface area (Å²) in [5.74, 6) is -0.357. The van der Waals surface area contributed by atoms with Crippen molar-refractivity contribution in [2.24, 2.45) is 5.92 Å². The van der Waals surface area contributed by atoms with Gasteiger partial charge in [0.05, 0.1) is 12.0 Å². The molecule has 1 unspecified atom stereocenters. The quantitative estimate of drug-likeness (QED) is 0.523. The Labute approximate surface area is 82.4 Å². The number of β-lactam (4-membered cyclic amide) rings is 1. The first-order valence-corrected chi connectivity index (χ1v) is 6.24. The molecular weight excluding hydrogens is 214 g/mol. The summed E-state index contributed by atoms with van der Waals surface area (Å²) in [5, 5.41) is 0. The molecule has 0 aromatic heterocycles. The van der Waals surface area contributed by atoms with Crippen LogP contribution >= 0.6 is 10.7 Å². The van der Waals surface area contributed by atoms with E-state index in [-0.39, 0.29) is 12.3 Å². The molecule has 0 bridgehead atoms. The highest BCUT2D eigenvalue weighted by atomic mass is 35.7. The van der Waals surface area contributed by atoms with Crippen LogP contribution in [0.4, 0.5) is 0 Å². The molecule has 1 heterocycles. The summed E-state index contributed by atoms with van der Waals surface area (Å²) in [5.41, 5.74) is -0.641. The van der Waals surface area contributed by atoms with Crippen molar-refractivity contribution in [3.8, 4) is 0 Å². The molecule has 1 fully saturated rings. The van der Waals surface area contributed by atoms with E-state index in [1.54, 1.807) is 6.92 Å². The lowest BCUT2D eigenvalue weighted by Crippen LogP contribution is -2.65. The van der Waals surface area contributed by atoms with E-state index in [1.165, 1.54) is 0 Å². The number of rotatable bonds is 2. The predicted octanol–water partition coefficient (Wildman–Crippen LogP) is 1.12. The third-order valence-corrected chi connectivity index (χ3v) is 4.13. The first kappa shape index (κ1) is 10.8. The highest BCUT2D eigenvalue weighted by Crippen LogP contribution is 2.41. The van der Waals surface area contributed by atoms with Crippen LogP contribution in [0.1, 0.15) is 27.2 Å². The summed E-state index contributed by atoms with van der Waals surface area (Å²) >= 11 is 0. The lowest BCUT2D eigenvalue weighted by Gasteiger charge is -2.49. The van der Waals surface area contributed by atoms with Crippen LogP contribution in [0.15, 0.2) is 0 Å². The number of hydrogen-bond donors (Lipinski definition) is 0. The Morgan fingerprint density at radius 2 is 2.00 bits per heavy atom. The minimum atomic E-state index is -3.91. The summed E-state index contributed by atoms with van der Waals surface area (Å²) in [7, 11) is 1.22. The zero-order chi connectivity index (χ0) is 10.4. The summed E-state index contributed by atoms with van der Waals surface area (Å²) < 4.78 is 22.8. The van der Waals surface area contributed by atoms with Gasteiger partial charge < -0.3 is 0 Å². The van der Waals surface area contributed by atoms with Crippen molar-refractivity contribution in [3.63, 3.8) is 0 Å². The Morgan fingerprint density at radius 1 is 1.54 bits per heavy atom. The smallest absolute Gasteiger partial charge is 0.274 e. The number of carbonyl (C=O) groups is 1. The average Bonchev–Trinajstić information content (AvgIpc) is 1.80. The maximum atomic E-state index is 11.1. The van der Waals surface area contributed by atoms with Crippen LogP contribution in [0.2, 0.25) is 0 Å². The first-order chi connectivity index (χ1) is 5.69. The van der Waals surface area contributed by atoms with Crippen molar-refractivity contribution in [1.29, 1.82) is 0 Å². The van der Waals surface area contributed by atoms with E-state index in [0.717, 1.165) is 4.31 Å². The maximum absolute atomic E-state index is 11.1. The van der Waals surface area contributed by atoms with Gasteiger partial charge in [0.2, 0.25) is 5.91 Å². The van der Waals surface area contributed by atoms with Crippen LogP contribution in [-0.2, 0) is 14.0 Å². The molecule has 76 valence electrons. The van der Waals surface area contributed by atoms with Gasteiger partial charge in [0, 0.05) is 10.7 Å². The third-order valence-electron chi connectivity index (χ3n) is 2.66. The highest BCUT2D eigenvalue weighted by molar-refractivity contribution is 8.12. The van der Waals surface area contributed by atoms with E-state index >= 15 is 0 Å². The normalized spacial score (nSPS) is 29.3. The number of carbonyl (C=O) groups excluding carboxylic acids is 1. The Balaban J connectivity index is 3.03. The van der Waals surface area contributed by atoms with E-state index < -0.39 is 20.7 Å². The van der Waals surface area contributed by atoms with Crippen molar-refractivity contribution in [3.05, 3.63) is 0 Å². The second-order valence-corrected chi connectivity index (χ2v) is 6.15. The maximum Gasteiger partial charge on any atom is 0.324 e. The average molecular weight is 226 g/mol. The fourth-order valence-corrected chi connectivity index (χ4v) is 3.24. The molecule has 1 saturated heterocycles. The Morgan fingerprint density at radius 3 is 2.15 bits per heavy atom. The van der Waals surface area contributed by atoms with Crippen molar-refractivity contribution >= 4 is 25.8 Å². The topological polar surface area (TPSA) is 54.5 Å². The molecular formula is C7H12ClNO3S. The molecule has 6 heteroatoms. The van der Waals surface area contributed by atoms with Gasteiger partial charge in [0.15, 0.2) is 0 Å². The van der Waals surface area contributed by atoms with Gasteiger partial charge in [-0.2, -0.15) is 8.42 Å². The molecule has 1 rings (SSSR count). The van der Waals surface area contributed by atoms with Gasteiger partial charge in [-0.3, -0.25) is 4.79 Å². The Hall–Kier alpha value is -0.290. The lowest BCUT2D eigenvalue weighted by atomic mass is 9.79. The van der Waals surface area contributed by atoms with Crippen molar-refractivity contribution in [2.45, 2.75) is 32.7 Å². The lowest BCUT2D eigenvalue weighted by molar-refractivity contribution is -0.146. The van der Waals surface area contributed by atoms with E-state index in [4.69, 9.17) is 10.7 Å². The van der Waals surface area contributed by atoms with Crippen molar-refractivity contribution in [2.75, 3.05) is 0 Å². The molecule has 0 aromatic carbocycles. The van der Waals surface area contributed by atoms with Crippen molar-refractivity contribution in [1.82, 2.24) is 4.31 Å². The van der Waals surface area contributed by atoms with Crippen LogP contribution in [0.3, 0.4) is 0 Å². The summed E-state index contributed by atoms with van der Waals surface area (Å²) in [4.78, 5) is 11.1. The molecule has 0 aliphatic carbocycles. The van der Waals surface area contributed by atoms with E-state index in [1.807, 2.05) is 13.8 Å². The fourth-order valence-electron chi connectivity index (χ4n) is 1.45. The van der Waals surface area contributed by atoms with Gasteiger partial charge in [0.1, 0.15) is 0 Å². The van der Waals surface area contributed by atoms with Gasteiger partial charge >= 0.3 is 9.24 Å². The van der Waals surface area contributed by atoms with Gasteiger partial charge in [0.25, 0.3) is 0 Å². The van der Waals surface area contributed by atoms with Crippen LogP contribution in [0.25, 0.3) is 0 Å². The van der Waals surface area contributed by atoms with Crippen LogP contribution in [0.5, 0.6) is 0 Å². The largest absolute Gasteiger partial charge is 0.324 e. The standard InChI is InChI=1S/C7H12ClNO3S/c1-5(2)7(3)4-6(10)9(7)13(8,11)12/h5H,4H2,1-3H3. The van der Waals surface area contributed by atoms with Gasteiger partial charge in [-0.1, -0.05) is 13.8 Å². The zero-order valence-corrected chi connectivity index (χ0v) is 9.32. The monoisotopic (exact) mass is 225 g/mol. The minimum absolute atomic E-state index is 0.0683. The molecule has 1 aliphatic rings. The highest BCUT2D eigenvalue weighted by Gasteiger charge is 2.54. The van der Waals surface area contributed by atoms with Crippen LogP contribution < -0.4 is 0 Å². The SMILES string of the molecule is CC(C)C1(C)CC(=O)N1S(=O)(=O)Cl. The zero-order valence-electron chi connectivity index (χ0n) is 7.74. The second kappa shape index (κ2) is 2.85. The molecule has 1 aliphatic heterocycles. The van der Waals surface area contributed by atoms with Gasteiger partial charge in [-0.25, -0.2) is 4.31 Å². The molecule has 0 radical (unpaired) electrons. The van der Waals surface area contributed by atoms with E-state index in [9.17, 15) is 13.2 Å². The summed E-state index contributed by atoms with van der Waals surface area (Å²) in [6.45, 7) is 5.45. The van der Waals surface area contributed by atoms with Crippen LogP contribution in [0, 0.1) is 5.92 Å². The molecule has 1 amide bonds. The number of hydrogen-bond acceptors (Lipinski definition) is 3. The molecule has 1 atom stereocenters. The Bertz CT molecular complexity index is 338. The van der Waals surface area contributed by atoms with E-state index in [0.29, 0.717) is 0 Å². The molecule has 0 spiro atoms. The molecule has 0 saturated carbocycles. The Kier molecular flexibility index (Phi) is 2.37. The third kappa shape index (κ3) is 1.55. The molecule has 4 nitrogen and oxygen atoms in total. The number of halogens is 1.